The summed E-state index contributed by atoms with van der Waals surface area (Å²) in [6.07, 6.45) is -0.360. The molecule has 2 rings (SSSR count). The van der Waals surface area contributed by atoms with Crippen LogP contribution >= 0.6 is 0 Å². The summed E-state index contributed by atoms with van der Waals surface area (Å²) in [6.45, 7) is 0.813. The van der Waals surface area contributed by atoms with E-state index in [2.05, 4.69) is 0 Å². The molecule has 1 heterocycles. The number of hydrogen-bond acceptors (Lipinski definition) is 3. The number of rotatable bonds is 0. The van der Waals surface area contributed by atoms with Crippen LogP contribution in [0.15, 0.2) is 0 Å². The fourth-order valence-electron chi connectivity index (χ4n) is 2.17. The number of nitrogens with zero attached hydrogens (tertiary/aromatic N) is 1. The van der Waals surface area contributed by atoms with Gasteiger partial charge in [-0.15, -0.1) is 0 Å². The first-order chi connectivity index (χ1) is 6.20. The molecular formula is C8H13NO4. The fourth-order valence-corrected chi connectivity index (χ4v) is 2.17. The molecule has 0 bridgehead atoms. The largest absolute Gasteiger partial charge is 0.465 e. The quantitative estimate of drug-likeness (QED) is 0.555. The first-order valence-corrected chi connectivity index (χ1v) is 4.49. The van der Waals surface area contributed by atoms with Crippen molar-refractivity contribution >= 4 is 6.09 Å². The standard InChI is InChI=1S/C8H13NO4/c10-6-2-1-5-7(6)13-4-3-9(5)8(11)12/h5-7,10H,1-4H2,(H,11,12)/t5-,6+,7+/m0/s1. The Labute approximate surface area is 75.9 Å². The van der Waals surface area contributed by atoms with Crippen molar-refractivity contribution < 1.29 is 19.7 Å². The molecule has 1 saturated carbocycles. The highest BCUT2D eigenvalue weighted by Crippen LogP contribution is 2.29. The molecule has 2 fully saturated rings. The average Bonchev–Trinajstić information content (AvgIpc) is 2.48. The van der Waals surface area contributed by atoms with Gasteiger partial charge >= 0.3 is 6.09 Å². The Morgan fingerprint density at radius 1 is 1.46 bits per heavy atom. The third kappa shape index (κ3) is 1.38. The molecule has 2 aliphatic rings. The maximum Gasteiger partial charge on any atom is 0.407 e. The molecule has 1 aliphatic carbocycles. The van der Waals surface area contributed by atoms with Gasteiger partial charge in [-0.05, 0) is 12.8 Å². The number of ether oxygens (including phenoxy) is 1. The molecule has 1 amide bonds. The van der Waals surface area contributed by atoms with Gasteiger partial charge in [0.05, 0.1) is 18.8 Å². The molecule has 0 aromatic carbocycles. The average molecular weight is 187 g/mol. The topological polar surface area (TPSA) is 70.0 Å². The summed E-state index contributed by atoms with van der Waals surface area (Å²) < 4.78 is 5.34. The van der Waals surface area contributed by atoms with Gasteiger partial charge in [-0.1, -0.05) is 0 Å². The zero-order valence-electron chi connectivity index (χ0n) is 7.22. The summed E-state index contributed by atoms with van der Waals surface area (Å²) in [5, 5.41) is 18.3. The maximum absolute atomic E-state index is 10.8. The Kier molecular flexibility index (Phi) is 2.13. The van der Waals surface area contributed by atoms with E-state index in [1.165, 1.54) is 4.90 Å². The second-order valence-corrected chi connectivity index (χ2v) is 3.52. The van der Waals surface area contributed by atoms with Gasteiger partial charge in [-0.2, -0.15) is 0 Å². The number of amides is 1. The molecule has 1 saturated heterocycles. The Hall–Kier alpha value is -0.810. The number of hydrogen-bond donors (Lipinski definition) is 2. The van der Waals surface area contributed by atoms with Crippen LogP contribution in [0.2, 0.25) is 0 Å². The van der Waals surface area contributed by atoms with Gasteiger partial charge in [-0.3, -0.25) is 0 Å². The third-order valence-electron chi connectivity index (χ3n) is 2.81. The second-order valence-electron chi connectivity index (χ2n) is 3.52. The molecule has 13 heavy (non-hydrogen) atoms. The molecule has 2 N–H and O–H groups in total. The molecule has 1 aliphatic heterocycles. The van der Waals surface area contributed by atoms with Gasteiger partial charge in [0.25, 0.3) is 0 Å². The first kappa shape index (κ1) is 8.77. The predicted molar refractivity (Wildman–Crippen MR) is 43.5 cm³/mol. The van der Waals surface area contributed by atoms with E-state index < -0.39 is 12.2 Å². The van der Waals surface area contributed by atoms with Crippen molar-refractivity contribution in [3.05, 3.63) is 0 Å². The minimum atomic E-state index is -0.910. The second kappa shape index (κ2) is 3.16. The molecule has 0 radical (unpaired) electrons. The molecular weight excluding hydrogens is 174 g/mol. The number of aliphatic hydroxyl groups excluding tert-OH is 1. The van der Waals surface area contributed by atoms with E-state index in [1.807, 2.05) is 0 Å². The summed E-state index contributed by atoms with van der Waals surface area (Å²) in [7, 11) is 0. The van der Waals surface area contributed by atoms with Crippen molar-refractivity contribution in [3.63, 3.8) is 0 Å². The molecule has 0 aromatic rings. The van der Waals surface area contributed by atoms with E-state index in [1.54, 1.807) is 0 Å². The van der Waals surface area contributed by atoms with E-state index in [9.17, 15) is 9.90 Å². The van der Waals surface area contributed by atoms with Crippen LogP contribution in [-0.4, -0.2) is 52.6 Å². The lowest BCUT2D eigenvalue weighted by Gasteiger charge is -2.36. The lowest BCUT2D eigenvalue weighted by Crippen LogP contribution is -2.53. The molecule has 0 spiro atoms. The normalized spacial score (nSPS) is 38.8. The minimum absolute atomic E-state index is 0.138. The predicted octanol–water partition coefficient (Wildman–Crippen LogP) is -0.112. The van der Waals surface area contributed by atoms with Gasteiger partial charge < -0.3 is 19.8 Å². The highest BCUT2D eigenvalue weighted by Gasteiger charge is 2.43. The molecule has 5 nitrogen and oxygen atoms in total. The number of aliphatic hydroxyl groups is 1. The highest BCUT2D eigenvalue weighted by molar-refractivity contribution is 5.65. The van der Waals surface area contributed by atoms with Crippen molar-refractivity contribution in [3.8, 4) is 0 Å². The Morgan fingerprint density at radius 3 is 2.92 bits per heavy atom. The zero-order chi connectivity index (χ0) is 9.42. The number of morpholine rings is 1. The van der Waals surface area contributed by atoms with Gasteiger partial charge in [0.2, 0.25) is 0 Å². The summed E-state index contributed by atoms with van der Waals surface area (Å²) in [6, 6.07) is -0.138. The monoisotopic (exact) mass is 187 g/mol. The van der Waals surface area contributed by atoms with Crippen molar-refractivity contribution in [2.45, 2.75) is 31.1 Å². The van der Waals surface area contributed by atoms with Crippen LogP contribution < -0.4 is 0 Å². The first-order valence-electron chi connectivity index (χ1n) is 4.49. The molecule has 3 atom stereocenters. The van der Waals surface area contributed by atoms with E-state index in [0.717, 1.165) is 0 Å². The summed E-state index contributed by atoms with van der Waals surface area (Å²) >= 11 is 0. The van der Waals surface area contributed by atoms with Crippen molar-refractivity contribution in [2.24, 2.45) is 0 Å². The zero-order valence-corrected chi connectivity index (χ0v) is 7.22. The van der Waals surface area contributed by atoms with Crippen LogP contribution in [0.5, 0.6) is 0 Å². The molecule has 0 aromatic heterocycles. The van der Waals surface area contributed by atoms with Gasteiger partial charge in [0.1, 0.15) is 6.10 Å². The summed E-state index contributed by atoms with van der Waals surface area (Å²) in [5.74, 6) is 0. The van der Waals surface area contributed by atoms with Crippen molar-refractivity contribution in [1.82, 2.24) is 4.90 Å². The smallest absolute Gasteiger partial charge is 0.407 e. The van der Waals surface area contributed by atoms with Gasteiger partial charge in [0.15, 0.2) is 0 Å². The van der Waals surface area contributed by atoms with Crippen LogP contribution in [0.1, 0.15) is 12.8 Å². The third-order valence-corrected chi connectivity index (χ3v) is 2.81. The maximum atomic E-state index is 10.8. The molecule has 74 valence electrons. The van der Waals surface area contributed by atoms with Crippen molar-refractivity contribution in [1.29, 1.82) is 0 Å². The molecule has 5 heteroatoms. The van der Waals surface area contributed by atoms with E-state index >= 15 is 0 Å². The van der Waals surface area contributed by atoms with Crippen LogP contribution in [0.4, 0.5) is 4.79 Å². The Bertz CT molecular complexity index is 220. The van der Waals surface area contributed by atoms with Crippen LogP contribution in [-0.2, 0) is 4.74 Å². The number of fused-ring (bicyclic) bond motifs is 1. The van der Waals surface area contributed by atoms with Crippen LogP contribution in [0, 0.1) is 0 Å². The summed E-state index contributed by atoms with van der Waals surface area (Å²) in [5.41, 5.74) is 0. The minimum Gasteiger partial charge on any atom is -0.465 e. The number of carbonyl (C=O) groups is 1. The van der Waals surface area contributed by atoms with Crippen LogP contribution in [0.25, 0.3) is 0 Å². The summed E-state index contributed by atoms with van der Waals surface area (Å²) in [4.78, 5) is 12.2. The van der Waals surface area contributed by atoms with E-state index in [4.69, 9.17) is 9.84 Å². The number of carboxylic acid groups (broad SMARTS) is 1. The Balaban J connectivity index is 2.11. The SMILES string of the molecule is O=C(O)N1CCO[C@H]2[C@H](O)CC[C@@H]21. The van der Waals surface area contributed by atoms with Gasteiger partial charge in [-0.25, -0.2) is 4.79 Å². The van der Waals surface area contributed by atoms with Gasteiger partial charge in [0, 0.05) is 6.54 Å². The highest BCUT2D eigenvalue weighted by atomic mass is 16.5. The van der Waals surface area contributed by atoms with Crippen LogP contribution in [0.3, 0.4) is 0 Å². The molecule has 0 unspecified atom stereocenters. The fraction of sp³-hybridized carbons (Fsp3) is 0.875. The Morgan fingerprint density at radius 2 is 2.23 bits per heavy atom. The lowest BCUT2D eigenvalue weighted by molar-refractivity contribution is -0.0866. The lowest BCUT2D eigenvalue weighted by atomic mass is 10.1. The van der Waals surface area contributed by atoms with Crippen molar-refractivity contribution in [2.75, 3.05) is 13.2 Å². The van der Waals surface area contributed by atoms with E-state index in [0.29, 0.717) is 26.0 Å². The van der Waals surface area contributed by atoms with E-state index in [-0.39, 0.29) is 12.1 Å².